The standard InChI is InChI=1S/C25H33N7O5S/c1-5-15-14(12-28-22-20(15)21(26)30-25(27)31-22)13-32(4)18-10-9-17(38-18)23(34)29-16(24(35)37-7-3)8-11-19(33)36-6-2/h9-10,12,16H,5-8,11,13H2,1-4H3,(H,29,34)(H4,26,27,28,30,31)/t16-/m0/s1. The molecule has 0 aliphatic carbocycles. The van der Waals surface area contributed by atoms with Crippen molar-refractivity contribution in [2.75, 3.05) is 36.6 Å². The summed E-state index contributed by atoms with van der Waals surface area (Å²) < 4.78 is 9.99. The fourth-order valence-corrected chi connectivity index (χ4v) is 4.86. The molecule has 5 N–H and O–H groups in total. The van der Waals surface area contributed by atoms with Crippen LogP contribution in [0.1, 0.15) is 54.4 Å². The summed E-state index contributed by atoms with van der Waals surface area (Å²) in [6.45, 7) is 6.30. The highest BCUT2D eigenvalue weighted by atomic mass is 32.1. The average molecular weight is 544 g/mol. The van der Waals surface area contributed by atoms with Gasteiger partial charge in [-0.1, -0.05) is 6.92 Å². The second-order valence-electron chi connectivity index (χ2n) is 8.40. The van der Waals surface area contributed by atoms with Crippen molar-refractivity contribution in [3.63, 3.8) is 0 Å². The summed E-state index contributed by atoms with van der Waals surface area (Å²) in [4.78, 5) is 52.2. The van der Waals surface area contributed by atoms with Gasteiger partial charge in [0.05, 0.1) is 28.5 Å². The van der Waals surface area contributed by atoms with Crippen molar-refractivity contribution in [2.24, 2.45) is 0 Å². The number of pyridine rings is 1. The van der Waals surface area contributed by atoms with Crippen LogP contribution in [-0.4, -0.2) is 59.1 Å². The van der Waals surface area contributed by atoms with E-state index in [9.17, 15) is 14.4 Å². The van der Waals surface area contributed by atoms with Crippen LogP contribution in [0, 0.1) is 0 Å². The minimum absolute atomic E-state index is 0.0161. The molecule has 3 aromatic heterocycles. The monoisotopic (exact) mass is 543 g/mol. The van der Waals surface area contributed by atoms with Crippen molar-refractivity contribution in [3.05, 3.63) is 34.3 Å². The first kappa shape index (κ1) is 28.6. The second-order valence-corrected chi connectivity index (χ2v) is 9.46. The fraction of sp³-hybridized carbons (Fsp3) is 0.440. The van der Waals surface area contributed by atoms with Gasteiger partial charge in [0.15, 0.2) is 5.65 Å². The lowest BCUT2D eigenvalue weighted by atomic mass is 10.0. The van der Waals surface area contributed by atoms with E-state index in [4.69, 9.17) is 20.9 Å². The van der Waals surface area contributed by atoms with E-state index in [0.29, 0.717) is 28.9 Å². The van der Waals surface area contributed by atoms with E-state index in [1.54, 1.807) is 26.1 Å². The Kier molecular flexibility index (Phi) is 9.77. The number of nitrogens with zero attached hydrogens (tertiary/aromatic N) is 4. The van der Waals surface area contributed by atoms with E-state index in [-0.39, 0.29) is 37.8 Å². The highest BCUT2D eigenvalue weighted by molar-refractivity contribution is 7.18. The number of carbonyl (C=O) groups excluding carboxylic acids is 3. The molecule has 0 radical (unpaired) electrons. The quantitative estimate of drug-likeness (QED) is 0.286. The summed E-state index contributed by atoms with van der Waals surface area (Å²) in [6, 6.07) is 2.55. The number of thiophene rings is 1. The number of nitrogens with two attached hydrogens (primary N) is 2. The Bertz CT molecular complexity index is 1310. The Morgan fingerprint density at radius 2 is 1.84 bits per heavy atom. The summed E-state index contributed by atoms with van der Waals surface area (Å²) in [7, 11) is 1.90. The number of rotatable bonds is 12. The Morgan fingerprint density at radius 1 is 1.11 bits per heavy atom. The van der Waals surface area contributed by atoms with Gasteiger partial charge < -0.3 is 31.2 Å². The Hall–Kier alpha value is -4.00. The van der Waals surface area contributed by atoms with E-state index in [0.717, 1.165) is 16.1 Å². The lowest BCUT2D eigenvalue weighted by Gasteiger charge is -2.20. The smallest absolute Gasteiger partial charge is 0.328 e. The third kappa shape index (κ3) is 6.85. The van der Waals surface area contributed by atoms with Gasteiger partial charge in [0.25, 0.3) is 5.91 Å². The Morgan fingerprint density at radius 3 is 2.53 bits per heavy atom. The van der Waals surface area contributed by atoms with Gasteiger partial charge >= 0.3 is 11.9 Å². The van der Waals surface area contributed by atoms with Crippen LogP contribution in [0.5, 0.6) is 0 Å². The van der Waals surface area contributed by atoms with E-state index < -0.39 is 23.9 Å². The van der Waals surface area contributed by atoms with Crippen LogP contribution >= 0.6 is 11.3 Å². The molecular formula is C25H33N7O5S. The number of aromatic nitrogens is 3. The van der Waals surface area contributed by atoms with Gasteiger partial charge in [-0.05, 0) is 49.9 Å². The highest BCUT2D eigenvalue weighted by Crippen LogP contribution is 2.30. The number of aryl methyl sites for hydroxylation is 1. The normalized spacial score (nSPS) is 11.7. The van der Waals surface area contributed by atoms with Crippen molar-refractivity contribution < 1.29 is 23.9 Å². The molecular weight excluding hydrogens is 510 g/mol. The van der Waals surface area contributed by atoms with Crippen LogP contribution in [0.4, 0.5) is 16.8 Å². The maximum Gasteiger partial charge on any atom is 0.328 e. The highest BCUT2D eigenvalue weighted by Gasteiger charge is 2.25. The van der Waals surface area contributed by atoms with Crippen LogP contribution < -0.4 is 21.7 Å². The van der Waals surface area contributed by atoms with E-state index in [2.05, 4.69) is 20.3 Å². The zero-order chi connectivity index (χ0) is 27.8. The third-order valence-electron chi connectivity index (χ3n) is 5.74. The van der Waals surface area contributed by atoms with Crippen LogP contribution in [0.2, 0.25) is 0 Å². The summed E-state index contributed by atoms with van der Waals surface area (Å²) in [5.41, 5.74) is 14.2. The van der Waals surface area contributed by atoms with Crippen molar-refractivity contribution >= 4 is 57.0 Å². The van der Waals surface area contributed by atoms with Crippen molar-refractivity contribution in [2.45, 2.75) is 52.6 Å². The molecule has 0 spiro atoms. The average Bonchev–Trinajstić information content (AvgIpc) is 3.37. The molecule has 0 aliphatic heterocycles. The second kappa shape index (κ2) is 13.0. The number of ether oxygens (including phenoxy) is 2. The van der Waals surface area contributed by atoms with Crippen LogP contribution in [-0.2, 0) is 32.0 Å². The summed E-state index contributed by atoms with van der Waals surface area (Å²) in [5.74, 6) is -1.11. The van der Waals surface area contributed by atoms with Crippen molar-refractivity contribution in [1.29, 1.82) is 0 Å². The van der Waals surface area contributed by atoms with E-state index in [1.807, 2.05) is 24.9 Å². The number of hydrogen-bond donors (Lipinski definition) is 3. The number of carbonyl (C=O) groups is 3. The zero-order valence-corrected chi connectivity index (χ0v) is 22.8. The first-order valence-corrected chi connectivity index (χ1v) is 13.1. The molecule has 0 unspecified atom stereocenters. The number of nitrogen functional groups attached to an aromatic ring is 2. The van der Waals surface area contributed by atoms with Crippen molar-refractivity contribution in [1.82, 2.24) is 20.3 Å². The lowest BCUT2D eigenvalue weighted by molar-refractivity contribution is -0.146. The molecule has 3 aromatic rings. The maximum atomic E-state index is 12.9. The topological polar surface area (TPSA) is 176 Å². The molecule has 38 heavy (non-hydrogen) atoms. The van der Waals surface area contributed by atoms with Gasteiger partial charge in [-0.25, -0.2) is 9.78 Å². The molecule has 1 atom stereocenters. The first-order valence-electron chi connectivity index (χ1n) is 12.3. The van der Waals surface area contributed by atoms with E-state index >= 15 is 0 Å². The summed E-state index contributed by atoms with van der Waals surface area (Å²) >= 11 is 1.27. The van der Waals surface area contributed by atoms with Crippen LogP contribution in [0.15, 0.2) is 18.3 Å². The molecule has 0 saturated heterocycles. The molecule has 1 amide bonds. The molecule has 12 nitrogen and oxygen atoms in total. The lowest BCUT2D eigenvalue weighted by Crippen LogP contribution is -2.42. The number of amides is 1. The third-order valence-corrected chi connectivity index (χ3v) is 6.94. The van der Waals surface area contributed by atoms with Crippen molar-refractivity contribution in [3.8, 4) is 0 Å². The van der Waals surface area contributed by atoms with Gasteiger partial charge in [0, 0.05) is 26.2 Å². The van der Waals surface area contributed by atoms with Gasteiger partial charge in [-0.3, -0.25) is 9.59 Å². The van der Waals surface area contributed by atoms with Crippen LogP contribution in [0.3, 0.4) is 0 Å². The predicted molar refractivity (Wildman–Crippen MR) is 146 cm³/mol. The van der Waals surface area contributed by atoms with E-state index in [1.165, 1.54) is 11.3 Å². The Labute approximate surface area is 224 Å². The largest absolute Gasteiger partial charge is 0.466 e. The molecule has 0 saturated carbocycles. The number of fused-ring (bicyclic) bond motifs is 1. The molecule has 3 heterocycles. The minimum Gasteiger partial charge on any atom is -0.466 e. The Balaban J connectivity index is 1.74. The van der Waals surface area contributed by atoms with Gasteiger partial charge in [0.1, 0.15) is 11.9 Å². The van der Waals surface area contributed by atoms with Gasteiger partial charge in [0.2, 0.25) is 5.95 Å². The molecule has 0 aromatic carbocycles. The number of nitrogens with one attached hydrogen (secondary N) is 1. The molecule has 0 bridgehead atoms. The molecule has 13 heteroatoms. The first-order chi connectivity index (χ1) is 18.2. The predicted octanol–water partition coefficient (Wildman–Crippen LogP) is 2.45. The number of esters is 2. The minimum atomic E-state index is -0.965. The molecule has 204 valence electrons. The maximum absolute atomic E-state index is 12.9. The number of hydrogen-bond acceptors (Lipinski definition) is 12. The molecule has 0 fully saturated rings. The molecule has 0 aliphatic rings. The zero-order valence-electron chi connectivity index (χ0n) is 21.9. The summed E-state index contributed by atoms with van der Waals surface area (Å²) in [5, 5.41) is 4.21. The fourth-order valence-electron chi connectivity index (χ4n) is 3.99. The molecule has 3 rings (SSSR count). The van der Waals surface area contributed by atoms with Gasteiger partial charge in [-0.2, -0.15) is 9.97 Å². The van der Waals surface area contributed by atoms with Crippen LogP contribution in [0.25, 0.3) is 11.0 Å². The van der Waals surface area contributed by atoms with Gasteiger partial charge in [-0.15, -0.1) is 11.3 Å². The SMILES string of the molecule is CCOC(=O)CC[C@H](NC(=O)c1ccc(N(C)Cc2cnc3nc(N)nc(N)c3c2CC)s1)C(=O)OCC. The summed E-state index contributed by atoms with van der Waals surface area (Å²) in [6.07, 6.45) is 2.50. The number of anilines is 3.